The predicted molar refractivity (Wildman–Crippen MR) is 63.9 cm³/mol. The van der Waals surface area contributed by atoms with E-state index in [-0.39, 0.29) is 172 Å². The Morgan fingerprint density at radius 1 is 1.15 bits per heavy atom. The fourth-order valence-corrected chi connectivity index (χ4v) is 1.99. The van der Waals surface area contributed by atoms with Crippen molar-refractivity contribution in [3.8, 4) is 0 Å². The van der Waals surface area contributed by atoms with Crippen LogP contribution < -0.4 is 169 Å². The van der Waals surface area contributed by atoms with Gasteiger partial charge in [0.25, 0.3) is 5.91 Å². The zero-order valence-corrected chi connectivity index (χ0v) is 24.3. The zero-order chi connectivity index (χ0) is 17.7. The maximum absolute atomic E-state index is 12.2. The van der Waals surface area contributed by atoms with Crippen molar-refractivity contribution >= 4 is 29.7 Å². The molecule has 1 aliphatic rings. The van der Waals surface area contributed by atoms with Gasteiger partial charge in [-0.1, -0.05) is 0 Å². The minimum absolute atomic E-state index is 0. The summed E-state index contributed by atoms with van der Waals surface area (Å²) in [6, 6.07) is -3.41. The van der Waals surface area contributed by atoms with E-state index in [1.165, 1.54) is 0 Å². The summed E-state index contributed by atoms with van der Waals surface area (Å²) in [6.07, 6.45) is -2.94. The molecule has 0 aromatic rings. The Kier molecular flexibility index (Phi) is 20.2. The summed E-state index contributed by atoms with van der Waals surface area (Å²) < 4.78 is 0. The second-order valence-corrected chi connectivity index (χ2v) is 4.75. The van der Waals surface area contributed by atoms with Gasteiger partial charge in [-0.3, -0.25) is 14.6 Å². The third-order valence-electron chi connectivity index (χ3n) is 2.97. The molecule has 14 heteroatoms. The Labute approximate surface area is 276 Å². The SMILES string of the molecule is CC([O-])=N[C@@H](CC(=O)[O-])C(=O)N1O[C@H](C(=O)O)CC[C@@H]1C(=O)[O-].[K+].[K+].[K+]. The Morgan fingerprint density at radius 2 is 1.69 bits per heavy atom. The Morgan fingerprint density at radius 3 is 2.08 bits per heavy atom. The second kappa shape index (κ2) is 16.0. The van der Waals surface area contributed by atoms with Gasteiger partial charge in [-0.15, -0.1) is 0 Å². The van der Waals surface area contributed by atoms with Crippen LogP contribution in [-0.2, 0) is 24.0 Å². The third kappa shape index (κ3) is 10.8. The fraction of sp³-hybridized carbons (Fsp3) is 0.583. The van der Waals surface area contributed by atoms with Gasteiger partial charge in [0.15, 0.2) is 6.10 Å². The quantitative estimate of drug-likeness (QED) is 0.235. The maximum Gasteiger partial charge on any atom is 1.00 e. The smallest absolute Gasteiger partial charge is 0.862 e. The fourth-order valence-electron chi connectivity index (χ4n) is 1.99. The van der Waals surface area contributed by atoms with Gasteiger partial charge in [-0.25, -0.2) is 9.86 Å². The molecular formula is C12H13K3N2O9. The van der Waals surface area contributed by atoms with Crippen molar-refractivity contribution in [1.29, 1.82) is 0 Å². The normalized spacial score (nSPS) is 20.5. The summed E-state index contributed by atoms with van der Waals surface area (Å²) >= 11 is 0. The van der Waals surface area contributed by atoms with Gasteiger partial charge >= 0.3 is 160 Å². The molecule has 1 heterocycles. The molecule has 0 aromatic heterocycles. The Balaban J connectivity index is -0.00000176. The summed E-state index contributed by atoms with van der Waals surface area (Å²) in [6.45, 7) is 0.961. The van der Waals surface area contributed by atoms with Crippen LogP contribution in [-0.4, -0.2) is 58.1 Å². The van der Waals surface area contributed by atoms with Crippen molar-refractivity contribution in [3.63, 3.8) is 0 Å². The number of carbonyl (C=O) groups excluding carboxylic acids is 3. The summed E-state index contributed by atoms with van der Waals surface area (Å²) in [7, 11) is 0. The van der Waals surface area contributed by atoms with E-state index in [1.54, 1.807) is 0 Å². The van der Waals surface area contributed by atoms with E-state index in [0.29, 0.717) is 0 Å². The van der Waals surface area contributed by atoms with Crippen molar-refractivity contribution in [2.75, 3.05) is 0 Å². The number of carboxylic acid groups (broad SMARTS) is 3. The van der Waals surface area contributed by atoms with E-state index in [0.717, 1.165) is 6.92 Å². The van der Waals surface area contributed by atoms with Gasteiger partial charge in [-0.05, 0) is 25.7 Å². The first-order valence-corrected chi connectivity index (χ1v) is 6.48. The topological polar surface area (TPSA) is 183 Å². The number of amides is 1. The largest absolute Gasteiger partial charge is 1.00 e. The average molecular weight is 447 g/mol. The van der Waals surface area contributed by atoms with Crippen molar-refractivity contribution in [2.45, 2.75) is 44.4 Å². The minimum Gasteiger partial charge on any atom is -0.862 e. The molecule has 0 unspecified atom stereocenters. The molecule has 0 radical (unpaired) electrons. The van der Waals surface area contributed by atoms with Crippen LogP contribution in [0.1, 0.15) is 26.2 Å². The molecule has 0 spiro atoms. The van der Waals surface area contributed by atoms with E-state index in [9.17, 15) is 34.5 Å². The number of nitrogens with zero attached hydrogens (tertiary/aromatic N) is 2. The maximum atomic E-state index is 12.2. The van der Waals surface area contributed by atoms with Crippen LogP contribution in [0.3, 0.4) is 0 Å². The molecule has 1 amide bonds. The van der Waals surface area contributed by atoms with E-state index in [4.69, 9.17) is 9.94 Å². The number of aliphatic carboxylic acids is 3. The molecule has 0 aliphatic carbocycles. The standard InChI is InChI=1S/C12H16N2O9.3K/c1-5(15)13-6(4-9(16)17)10(18)14-7(11(19)20)2-3-8(23-14)12(21)22;;;/h6-8H,2-4H2,1H3,(H,13,15)(H,16,17)(H,19,20)(H,21,22);;;/q;3*+1/p-3/t6-,7+,8-;;;/m0.../s1. The summed E-state index contributed by atoms with van der Waals surface area (Å²) in [5.41, 5.74) is 0. The van der Waals surface area contributed by atoms with Crippen LogP contribution in [0.4, 0.5) is 0 Å². The number of carbonyl (C=O) groups is 4. The molecule has 1 aliphatic heterocycles. The first-order valence-electron chi connectivity index (χ1n) is 6.48. The van der Waals surface area contributed by atoms with Crippen molar-refractivity contribution in [3.05, 3.63) is 0 Å². The number of aliphatic imine (C=N–C) groups is 1. The van der Waals surface area contributed by atoms with Crippen molar-refractivity contribution in [2.24, 2.45) is 4.99 Å². The molecule has 1 N–H and O–H groups in total. The van der Waals surface area contributed by atoms with E-state index in [1.807, 2.05) is 0 Å². The van der Waals surface area contributed by atoms with Crippen LogP contribution >= 0.6 is 0 Å². The monoisotopic (exact) mass is 446 g/mol. The molecule has 128 valence electrons. The molecule has 26 heavy (non-hydrogen) atoms. The first-order chi connectivity index (χ1) is 10.6. The number of hydroxylamine groups is 2. The minimum atomic E-state index is -1.79. The van der Waals surface area contributed by atoms with Gasteiger partial charge in [0.1, 0.15) is 6.04 Å². The third-order valence-corrected chi connectivity index (χ3v) is 2.97. The Hall–Kier alpha value is 2.22. The molecule has 0 aromatic carbocycles. The van der Waals surface area contributed by atoms with E-state index in [2.05, 4.69) is 4.99 Å². The first kappa shape index (κ1) is 32.9. The Bertz CT molecular complexity index is 554. The molecule has 11 nitrogen and oxygen atoms in total. The van der Waals surface area contributed by atoms with Gasteiger partial charge in [0.2, 0.25) is 0 Å². The molecule has 1 fully saturated rings. The van der Waals surface area contributed by atoms with Crippen molar-refractivity contribution < 1.29 is 199 Å². The predicted octanol–water partition coefficient (Wildman–Crippen LogP) is -13.6. The van der Waals surface area contributed by atoms with Gasteiger partial charge < -0.3 is 30.0 Å². The molecule has 3 atom stereocenters. The molecule has 1 saturated heterocycles. The van der Waals surface area contributed by atoms with Crippen LogP contribution in [0, 0.1) is 0 Å². The van der Waals surface area contributed by atoms with Gasteiger partial charge in [0, 0.05) is 12.4 Å². The second-order valence-electron chi connectivity index (χ2n) is 4.75. The number of hydrogen-bond donors (Lipinski definition) is 1. The van der Waals surface area contributed by atoms with Crippen LogP contribution in [0.2, 0.25) is 0 Å². The van der Waals surface area contributed by atoms with Gasteiger partial charge in [-0.2, -0.15) is 0 Å². The number of hydrogen-bond acceptors (Lipinski definition) is 9. The van der Waals surface area contributed by atoms with Gasteiger partial charge in [0.05, 0.1) is 12.0 Å². The molecule has 0 saturated carbocycles. The van der Waals surface area contributed by atoms with E-state index < -0.39 is 54.3 Å². The van der Waals surface area contributed by atoms with E-state index >= 15 is 0 Å². The average Bonchev–Trinajstić information content (AvgIpc) is 2.43. The molecular weight excluding hydrogens is 433 g/mol. The van der Waals surface area contributed by atoms with Crippen LogP contribution in [0.5, 0.6) is 0 Å². The zero-order valence-electron chi connectivity index (χ0n) is 15.0. The van der Waals surface area contributed by atoms with Crippen molar-refractivity contribution in [1.82, 2.24) is 5.06 Å². The molecule has 1 rings (SSSR count). The summed E-state index contributed by atoms with van der Waals surface area (Å²) in [5, 5.41) is 41.8. The molecule has 0 bridgehead atoms. The van der Waals surface area contributed by atoms with Crippen LogP contribution in [0.25, 0.3) is 0 Å². The summed E-state index contributed by atoms with van der Waals surface area (Å²) in [4.78, 5) is 52.9. The number of carboxylic acids is 3. The van der Waals surface area contributed by atoms with Crippen LogP contribution in [0.15, 0.2) is 4.99 Å². The number of rotatable bonds is 6. The summed E-state index contributed by atoms with van der Waals surface area (Å²) in [5.74, 6) is -6.99.